The van der Waals surface area contributed by atoms with Gasteiger partial charge in [-0.3, -0.25) is 4.90 Å². The first kappa shape index (κ1) is 18.8. The van der Waals surface area contributed by atoms with Crippen molar-refractivity contribution in [3.8, 4) is 0 Å². The van der Waals surface area contributed by atoms with Crippen molar-refractivity contribution in [2.45, 2.75) is 0 Å². The van der Waals surface area contributed by atoms with Gasteiger partial charge in [0.1, 0.15) is 0 Å². The highest BCUT2D eigenvalue weighted by molar-refractivity contribution is 7.80. The molecule has 2 N–H and O–H groups in total. The molecule has 2 aliphatic rings. The van der Waals surface area contributed by atoms with Crippen LogP contribution < -0.4 is 15.5 Å². The van der Waals surface area contributed by atoms with Crippen molar-refractivity contribution in [2.24, 2.45) is 0 Å². The summed E-state index contributed by atoms with van der Waals surface area (Å²) < 4.78 is 12.0. The van der Waals surface area contributed by atoms with Gasteiger partial charge in [-0.05, 0) is 30.4 Å². The summed E-state index contributed by atoms with van der Waals surface area (Å²) in [6, 6.07) is 6.20. The summed E-state index contributed by atoms with van der Waals surface area (Å²) in [5, 5.41) is 8.29. The number of hydrogen-bond acceptors (Lipinski definition) is 7. The van der Waals surface area contributed by atoms with E-state index in [4.69, 9.17) is 26.7 Å². The molecule has 0 atom stereocenters. The fraction of sp³-hybridized carbons (Fsp3) is 0.556. The smallest absolute Gasteiger partial charge is 0.186 e. The van der Waals surface area contributed by atoms with E-state index >= 15 is 0 Å². The third-order valence-electron chi connectivity index (χ3n) is 4.73. The fourth-order valence-electron chi connectivity index (χ4n) is 3.21. The molecule has 9 heteroatoms. The summed E-state index contributed by atoms with van der Waals surface area (Å²) in [5.74, 6) is 0. The Balaban J connectivity index is 1.30. The van der Waals surface area contributed by atoms with E-state index in [-0.39, 0.29) is 0 Å². The topological polar surface area (TPSA) is 61.9 Å². The molecule has 0 unspecified atom stereocenters. The molecule has 3 heterocycles. The SMILES string of the molecule is S=C(NCCN1CCOCC1)Nc1ccc2nc(N3CCOCC3)sc2c1. The lowest BCUT2D eigenvalue weighted by Crippen LogP contribution is -2.42. The van der Waals surface area contributed by atoms with E-state index in [0.29, 0.717) is 5.11 Å². The number of aromatic nitrogens is 1. The van der Waals surface area contributed by atoms with Crippen LogP contribution in [0.1, 0.15) is 0 Å². The summed E-state index contributed by atoms with van der Waals surface area (Å²) in [5.41, 5.74) is 2.02. The number of benzene rings is 1. The van der Waals surface area contributed by atoms with Crippen molar-refractivity contribution in [2.75, 3.05) is 75.9 Å². The molecule has 1 aromatic heterocycles. The minimum absolute atomic E-state index is 0.653. The van der Waals surface area contributed by atoms with Crippen LogP contribution in [-0.4, -0.2) is 80.7 Å². The zero-order valence-corrected chi connectivity index (χ0v) is 16.9. The maximum atomic E-state index is 5.43. The van der Waals surface area contributed by atoms with Gasteiger partial charge in [0.15, 0.2) is 10.2 Å². The van der Waals surface area contributed by atoms with Crippen LogP contribution in [0, 0.1) is 0 Å². The number of fused-ring (bicyclic) bond motifs is 1. The highest BCUT2D eigenvalue weighted by Gasteiger charge is 2.15. The lowest BCUT2D eigenvalue weighted by molar-refractivity contribution is 0.0389. The zero-order chi connectivity index (χ0) is 18.5. The maximum Gasteiger partial charge on any atom is 0.186 e. The van der Waals surface area contributed by atoms with Gasteiger partial charge in [-0.25, -0.2) is 4.98 Å². The largest absolute Gasteiger partial charge is 0.379 e. The van der Waals surface area contributed by atoms with Crippen molar-refractivity contribution in [3.63, 3.8) is 0 Å². The Morgan fingerprint density at radius 3 is 2.63 bits per heavy atom. The molecule has 7 nitrogen and oxygen atoms in total. The molecular formula is C18H25N5O2S2. The van der Waals surface area contributed by atoms with E-state index in [1.54, 1.807) is 11.3 Å². The van der Waals surface area contributed by atoms with Crippen LogP contribution in [0.4, 0.5) is 10.8 Å². The third kappa shape index (κ3) is 5.05. The van der Waals surface area contributed by atoms with E-state index in [9.17, 15) is 0 Å². The Bertz CT molecular complexity index is 772. The molecule has 0 spiro atoms. The average molecular weight is 408 g/mol. The van der Waals surface area contributed by atoms with Crippen molar-refractivity contribution in [1.29, 1.82) is 0 Å². The molecule has 27 heavy (non-hydrogen) atoms. The molecule has 1 aromatic carbocycles. The first-order valence-electron chi connectivity index (χ1n) is 9.36. The molecule has 0 saturated carbocycles. The van der Waals surface area contributed by atoms with Crippen molar-refractivity contribution >= 4 is 49.7 Å². The monoisotopic (exact) mass is 407 g/mol. The number of thiocarbonyl (C=S) groups is 1. The van der Waals surface area contributed by atoms with Gasteiger partial charge < -0.3 is 25.0 Å². The quantitative estimate of drug-likeness (QED) is 0.727. The number of hydrogen-bond donors (Lipinski definition) is 2. The summed E-state index contributed by atoms with van der Waals surface area (Å²) in [6.07, 6.45) is 0. The molecule has 0 radical (unpaired) electrons. The van der Waals surface area contributed by atoms with Crippen LogP contribution in [0.5, 0.6) is 0 Å². The number of rotatable bonds is 5. The van der Waals surface area contributed by atoms with Gasteiger partial charge in [-0.15, -0.1) is 0 Å². The van der Waals surface area contributed by atoms with E-state index in [1.165, 1.54) is 0 Å². The second-order valence-electron chi connectivity index (χ2n) is 6.61. The molecule has 146 valence electrons. The first-order valence-corrected chi connectivity index (χ1v) is 10.6. The number of thiazole rings is 1. The number of ether oxygens (including phenoxy) is 2. The predicted molar refractivity (Wildman–Crippen MR) is 114 cm³/mol. The standard InChI is InChI=1S/C18H25N5O2S2/c26-17(19-3-4-22-5-9-24-10-6-22)20-14-1-2-15-16(13-14)27-18(21-15)23-7-11-25-12-8-23/h1-2,13H,3-12H2,(H2,19,20,26). The van der Waals surface area contributed by atoms with Gasteiger partial charge >= 0.3 is 0 Å². The van der Waals surface area contributed by atoms with E-state index in [1.807, 2.05) is 6.07 Å². The summed E-state index contributed by atoms with van der Waals surface area (Å²) >= 11 is 7.15. The van der Waals surface area contributed by atoms with Crippen molar-refractivity contribution in [3.05, 3.63) is 18.2 Å². The number of nitrogens with one attached hydrogen (secondary N) is 2. The molecule has 2 aliphatic heterocycles. The Labute approximate surface area is 168 Å². The lowest BCUT2D eigenvalue weighted by atomic mass is 10.3. The number of morpholine rings is 2. The second-order valence-corrected chi connectivity index (χ2v) is 8.03. The molecule has 0 aliphatic carbocycles. The highest BCUT2D eigenvalue weighted by atomic mass is 32.1. The molecule has 2 aromatic rings. The average Bonchev–Trinajstić information content (AvgIpc) is 3.13. The van der Waals surface area contributed by atoms with E-state index in [2.05, 4.69) is 32.6 Å². The molecular weight excluding hydrogens is 382 g/mol. The molecule has 0 bridgehead atoms. The maximum absolute atomic E-state index is 5.43. The Kier molecular flexibility index (Phi) is 6.36. The summed E-state index contributed by atoms with van der Waals surface area (Å²) in [7, 11) is 0. The second kappa shape index (κ2) is 9.11. The van der Waals surface area contributed by atoms with Gasteiger partial charge in [0.2, 0.25) is 0 Å². The highest BCUT2D eigenvalue weighted by Crippen LogP contribution is 2.31. The van der Waals surface area contributed by atoms with Gasteiger partial charge in [0, 0.05) is 45.0 Å². The molecule has 4 rings (SSSR count). The number of anilines is 2. The van der Waals surface area contributed by atoms with Gasteiger partial charge in [-0.2, -0.15) is 0 Å². The fourth-order valence-corrected chi connectivity index (χ4v) is 4.48. The minimum Gasteiger partial charge on any atom is -0.379 e. The van der Waals surface area contributed by atoms with Crippen LogP contribution in [0.3, 0.4) is 0 Å². The minimum atomic E-state index is 0.653. The van der Waals surface area contributed by atoms with Crippen LogP contribution >= 0.6 is 23.6 Å². The molecule has 0 amide bonds. The normalized spacial score (nSPS) is 18.6. The van der Waals surface area contributed by atoms with Gasteiger partial charge in [0.25, 0.3) is 0 Å². The Hall–Kier alpha value is -1.52. The Morgan fingerprint density at radius 2 is 1.85 bits per heavy atom. The van der Waals surface area contributed by atoms with Crippen molar-refractivity contribution < 1.29 is 9.47 Å². The summed E-state index contributed by atoms with van der Waals surface area (Å²) in [6.45, 7) is 8.79. The number of nitrogens with zero attached hydrogens (tertiary/aromatic N) is 3. The molecule has 2 fully saturated rings. The summed E-state index contributed by atoms with van der Waals surface area (Å²) in [4.78, 5) is 9.43. The first-order chi connectivity index (χ1) is 13.3. The van der Waals surface area contributed by atoms with E-state index < -0.39 is 0 Å². The zero-order valence-electron chi connectivity index (χ0n) is 15.3. The molecule has 2 saturated heterocycles. The van der Waals surface area contributed by atoms with Crippen LogP contribution in [0.25, 0.3) is 10.2 Å². The third-order valence-corrected chi connectivity index (χ3v) is 6.06. The van der Waals surface area contributed by atoms with Crippen LogP contribution in [0.2, 0.25) is 0 Å². The van der Waals surface area contributed by atoms with Crippen LogP contribution in [-0.2, 0) is 9.47 Å². The predicted octanol–water partition coefficient (Wildman–Crippen LogP) is 1.75. The van der Waals surface area contributed by atoms with E-state index in [0.717, 1.165) is 86.7 Å². The Morgan fingerprint density at radius 1 is 1.11 bits per heavy atom. The van der Waals surface area contributed by atoms with Crippen LogP contribution in [0.15, 0.2) is 18.2 Å². The lowest BCUT2D eigenvalue weighted by Gasteiger charge is -2.26. The van der Waals surface area contributed by atoms with Gasteiger partial charge in [-0.1, -0.05) is 11.3 Å². The van der Waals surface area contributed by atoms with Crippen molar-refractivity contribution in [1.82, 2.24) is 15.2 Å². The van der Waals surface area contributed by atoms with Gasteiger partial charge in [0.05, 0.1) is 36.6 Å².